The van der Waals surface area contributed by atoms with Gasteiger partial charge in [-0.1, -0.05) is 0 Å². The summed E-state index contributed by atoms with van der Waals surface area (Å²) in [7, 11) is 1.26. The molecule has 0 aliphatic rings. The van der Waals surface area contributed by atoms with Gasteiger partial charge in [0.05, 0.1) is 17.1 Å². The molecule has 0 saturated carbocycles. The minimum Gasteiger partial charge on any atom is -0.496 e. The third-order valence-electron chi connectivity index (χ3n) is 1.99. The van der Waals surface area contributed by atoms with Crippen LogP contribution in [0, 0.1) is 0 Å². The third-order valence-corrected chi connectivity index (χ3v) is 2.78. The summed E-state index contributed by atoms with van der Waals surface area (Å²) in [6.45, 7) is 1.09. The van der Waals surface area contributed by atoms with E-state index >= 15 is 0 Å². The summed E-state index contributed by atoms with van der Waals surface area (Å²) >= 11 is 2.80. The molecule has 0 aromatic heterocycles. The smallest absolute Gasteiger partial charge is 0.418 e. The van der Waals surface area contributed by atoms with E-state index in [-0.39, 0.29) is 15.8 Å². The Labute approximate surface area is 98.5 Å². The van der Waals surface area contributed by atoms with Gasteiger partial charge in [0, 0.05) is 5.56 Å². The van der Waals surface area contributed by atoms with Gasteiger partial charge in [0.2, 0.25) is 0 Å². The molecule has 1 rings (SSSR count). The minimum absolute atomic E-state index is 0.0392. The van der Waals surface area contributed by atoms with Crippen molar-refractivity contribution in [2.45, 2.75) is 13.1 Å². The summed E-state index contributed by atoms with van der Waals surface area (Å²) in [5, 5.41) is 0. The number of carbonyl (C=O) groups excluding carboxylic acids is 1. The predicted octanol–water partition coefficient (Wildman–Crippen LogP) is 3.68. The molecule has 0 atom stereocenters. The van der Waals surface area contributed by atoms with Gasteiger partial charge >= 0.3 is 6.18 Å². The Morgan fingerprint density at radius 3 is 2.31 bits per heavy atom. The van der Waals surface area contributed by atoms with Crippen LogP contribution in [0.3, 0.4) is 0 Å². The van der Waals surface area contributed by atoms with Crippen molar-refractivity contribution in [2.24, 2.45) is 0 Å². The van der Waals surface area contributed by atoms with Gasteiger partial charge in [-0.05, 0) is 35.0 Å². The van der Waals surface area contributed by atoms with Crippen LogP contribution >= 0.6 is 15.9 Å². The summed E-state index contributed by atoms with van der Waals surface area (Å²) in [6.07, 6.45) is -4.60. The monoisotopic (exact) mass is 296 g/mol. The van der Waals surface area contributed by atoms with E-state index in [1.165, 1.54) is 13.2 Å². The second-order valence-corrected chi connectivity index (χ2v) is 3.85. The average molecular weight is 297 g/mol. The molecule has 0 spiro atoms. The molecule has 0 amide bonds. The van der Waals surface area contributed by atoms with Gasteiger partial charge in [-0.25, -0.2) is 0 Å². The number of ether oxygens (including phenoxy) is 1. The fourth-order valence-electron chi connectivity index (χ4n) is 1.29. The first-order valence-electron chi connectivity index (χ1n) is 4.23. The maximum Gasteiger partial charge on any atom is 0.418 e. The van der Waals surface area contributed by atoms with Gasteiger partial charge in [0.25, 0.3) is 0 Å². The van der Waals surface area contributed by atoms with E-state index in [2.05, 4.69) is 15.9 Å². The summed E-state index contributed by atoms with van der Waals surface area (Å²) in [5.74, 6) is -0.604. The Kier molecular flexibility index (Phi) is 3.62. The van der Waals surface area contributed by atoms with Crippen molar-refractivity contribution in [1.82, 2.24) is 0 Å². The average Bonchev–Trinajstić information content (AvgIpc) is 2.14. The lowest BCUT2D eigenvalue weighted by Crippen LogP contribution is -2.13. The molecule has 1 aromatic carbocycles. The number of hydrogen-bond donors (Lipinski definition) is 0. The molecule has 0 aliphatic carbocycles. The van der Waals surface area contributed by atoms with Crippen molar-refractivity contribution in [1.29, 1.82) is 0 Å². The number of carbonyl (C=O) groups is 1. The molecular weight excluding hydrogens is 289 g/mol. The molecule has 0 aliphatic heterocycles. The molecule has 0 unspecified atom stereocenters. The number of benzene rings is 1. The third kappa shape index (κ3) is 2.37. The summed E-state index contributed by atoms with van der Waals surface area (Å²) in [4.78, 5) is 11.1. The first-order valence-corrected chi connectivity index (χ1v) is 5.03. The van der Waals surface area contributed by atoms with Crippen LogP contribution in [0.25, 0.3) is 0 Å². The molecular formula is C10H8BrF3O2. The number of methoxy groups -OCH3 is 1. The van der Waals surface area contributed by atoms with Crippen LogP contribution in [0.15, 0.2) is 16.6 Å². The molecule has 6 heteroatoms. The van der Waals surface area contributed by atoms with Crippen LogP contribution in [0.2, 0.25) is 0 Å². The number of alkyl halides is 3. The lowest BCUT2D eigenvalue weighted by Gasteiger charge is -2.15. The maximum atomic E-state index is 12.7. The van der Waals surface area contributed by atoms with Crippen LogP contribution in [-0.4, -0.2) is 12.9 Å². The quantitative estimate of drug-likeness (QED) is 0.778. The van der Waals surface area contributed by atoms with Gasteiger partial charge in [0.1, 0.15) is 5.75 Å². The Morgan fingerprint density at radius 2 is 1.94 bits per heavy atom. The van der Waals surface area contributed by atoms with E-state index in [4.69, 9.17) is 4.74 Å². The molecule has 0 bridgehead atoms. The van der Waals surface area contributed by atoms with Crippen LogP contribution < -0.4 is 4.74 Å². The first kappa shape index (κ1) is 13.0. The van der Waals surface area contributed by atoms with E-state index in [1.54, 1.807) is 0 Å². The number of hydrogen-bond acceptors (Lipinski definition) is 2. The molecule has 0 N–H and O–H groups in total. The van der Waals surface area contributed by atoms with Crippen molar-refractivity contribution in [3.8, 4) is 5.75 Å². The summed E-state index contributed by atoms with van der Waals surface area (Å²) < 4.78 is 42.7. The van der Waals surface area contributed by atoms with Crippen LogP contribution in [-0.2, 0) is 6.18 Å². The largest absolute Gasteiger partial charge is 0.496 e. The zero-order valence-electron chi connectivity index (χ0n) is 8.48. The molecule has 0 heterocycles. The van der Waals surface area contributed by atoms with Gasteiger partial charge < -0.3 is 4.74 Å². The number of ketones is 1. The van der Waals surface area contributed by atoms with Crippen molar-refractivity contribution < 1.29 is 22.7 Å². The zero-order valence-corrected chi connectivity index (χ0v) is 10.1. The second-order valence-electron chi connectivity index (χ2n) is 3.06. The van der Waals surface area contributed by atoms with Gasteiger partial charge in [0.15, 0.2) is 5.78 Å². The molecule has 88 valence electrons. The molecule has 0 radical (unpaired) electrons. The Hall–Kier alpha value is -1.04. The van der Waals surface area contributed by atoms with Gasteiger partial charge in [-0.2, -0.15) is 13.2 Å². The van der Waals surface area contributed by atoms with Gasteiger partial charge in [-0.15, -0.1) is 0 Å². The second kappa shape index (κ2) is 4.45. The van der Waals surface area contributed by atoms with Crippen molar-refractivity contribution in [3.05, 3.63) is 27.7 Å². The van der Waals surface area contributed by atoms with Crippen LogP contribution in [0.1, 0.15) is 22.8 Å². The van der Waals surface area contributed by atoms with Crippen molar-refractivity contribution >= 4 is 21.7 Å². The van der Waals surface area contributed by atoms with E-state index in [0.717, 1.165) is 13.0 Å². The Balaban J connectivity index is 3.56. The summed E-state index contributed by atoms with van der Waals surface area (Å²) in [5.41, 5.74) is -1.38. The first-order chi connectivity index (χ1) is 7.29. The van der Waals surface area contributed by atoms with Crippen LogP contribution in [0.4, 0.5) is 13.2 Å². The minimum atomic E-state index is -4.60. The number of halogens is 4. The highest BCUT2D eigenvalue weighted by Crippen LogP contribution is 2.41. The highest BCUT2D eigenvalue weighted by Gasteiger charge is 2.38. The molecule has 0 fully saturated rings. The van der Waals surface area contributed by atoms with Gasteiger partial charge in [-0.3, -0.25) is 4.79 Å². The SMILES string of the molecule is COc1ccc(C(C)=O)c(C(F)(F)F)c1Br. The molecule has 0 saturated heterocycles. The lowest BCUT2D eigenvalue weighted by molar-refractivity contribution is -0.138. The van der Waals surface area contributed by atoms with E-state index in [0.29, 0.717) is 0 Å². The standard InChI is InChI=1S/C10H8BrF3O2/c1-5(15)6-3-4-7(16-2)9(11)8(6)10(12,13)14/h3-4H,1-2H3. The van der Waals surface area contributed by atoms with E-state index < -0.39 is 17.5 Å². The Bertz CT molecular complexity index is 427. The maximum absolute atomic E-state index is 12.7. The number of rotatable bonds is 2. The normalized spacial score (nSPS) is 11.4. The fraction of sp³-hybridized carbons (Fsp3) is 0.300. The molecule has 2 nitrogen and oxygen atoms in total. The highest BCUT2D eigenvalue weighted by molar-refractivity contribution is 9.10. The zero-order chi connectivity index (χ0) is 12.5. The molecule has 1 aromatic rings. The van der Waals surface area contributed by atoms with Crippen LogP contribution in [0.5, 0.6) is 5.75 Å². The van der Waals surface area contributed by atoms with Crippen molar-refractivity contribution in [2.75, 3.05) is 7.11 Å². The lowest BCUT2D eigenvalue weighted by atomic mass is 10.0. The van der Waals surface area contributed by atoms with E-state index in [1.807, 2.05) is 0 Å². The van der Waals surface area contributed by atoms with Crippen molar-refractivity contribution in [3.63, 3.8) is 0 Å². The molecule has 16 heavy (non-hydrogen) atoms. The fourth-order valence-corrected chi connectivity index (χ4v) is 2.02. The highest BCUT2D eigenvalue weighted by atomic mass is 79.9. The topological polar surface area (TPSA) is 26.3 Å². The summed E-state index contributed by atoms with van der Waals surface area (Å²) in [6, 6.07) is 2.42. The van der Waals surface area contributed by atoms with E-state index in [9.17, 15) is 18.0 Å². The number of Topliss-reactive ketones (excluding diaryl/α,β-unsaturated/α-hetero) is 1. The predicted molar refractivity (Wildman–Crippen MR) is 55.7 cm³/mol. The Morgan fingerprint density at radius 1 is 1.38 bits per heavy atom.